The molecule has 0 saturated carbocycles. The molecule has 2 aliphatic rings. The van der Waals surface area contributed by atoms with Crippen LogP contribution in [0.1, 0.15) is 29.8 Å². The van der Waals surface area contributed by atoms with E-state index < -0.39 is 0 Å². The first-order valence-corrected chi connectivity index (χ1v) is 13.9. The van der Waals surface area contributed by atoms with E-state index >= 15 is 0 Å². The van der Waals surface area contributed by atoms with Crippen LogP contribution in [0.4, 0.5) is 22.9 Å². The number of hydrogen-bond donors (Lipinski definition) is 1. The molecule has 0 amide bonds. The maximum absolute atomic E-state index is 5.77. The molecule has 42 heavy (non-hydrogen) atoms. The molecular weight excluding hydrogens is 526 g/mol. The Morgan fingerprint density at radius 2 is 1.71 bits per heavy atom. The van der Waals surface area contributed by atoms with Gasteiger partial charge >= 0.3 is 0 Å². The van der Waals surface area contributed by atoms with Gasteiger partial charge in [-0.2, -0.15) is 9.78 Å². The molecule has 5 aromatic rings. The first kappa shape index (κ1) is 25.5. The molecule has 9 nitrogen and oxygen atoms in total. The van der Waals surface area contributed by atoms with Gasteiger partial charge in [-0.1, -0.05) is 36.4 Å². The predicted octanol–water partition coefficient (Wildman–Crippen LogP) is 6.78. The maximum atomic E-state index is 5.77. The molecule has 0 spiro atoms. The summed E-state index contributed by atoms with van der Waals surface area (Å²) in [5.41, 5.74) is 5.60. The van der Waals surface area contributed by atoms with Crippen molar-refractivity contribution in [3.05, 3.63) is 114 Å². The van der Waals surface area contributed by atoms with Gasteiger partial charge in [0, 0.05) is 23.5 Å². The molecule has 4 heterocycles. The Labute approximate surface area is 243 Å². The molecule has 2 aromatic heterocycles. The monoisotopic (exact) mass is 555 g/mol. The number of aryl methyl sites for hydroxylation is 1. The molecule has 3 aromatic carbocycles. The van der Waals surface area contributed by atoms with E-state index in [1.807, 2.05) is 91.3 Å². The first-order chi connectivity index (χ1) is 20.6. The molecule has 0 fully saturated rings. The Balaban J connectivity index is 1.46. The summed E-state index contributed by atoms with van der Waals surface area (Å²) in [5, 5.41) is 8.47. The summed E-state index contributed by atoms with van der Waals surface area (Å²) in [5.74, 6) is 4.29. The minimum Gasteiger partial charge on any atom is -0.497 e. The highest BCUT2D eigenvalue weighted by Crippen LogP contribution is 2.48. The Kier molecular flexibility index (Phi) is 6.39. The number of nitrogens with zero attached hydrogens (tertiary/aromatic N) is 6. The summed E-state index contributed by atoms with van der Waals surface area (Å²) in [6.07, 6.45) is 1.76. The van der Waals surface area contributed by atoms with Gasteiger partial charge in [-0.05, 0) is 67.9 Å². The van der Waals surface area contributed by atoms with E-state index in [-0.39, 0.29) is 6.04 Å². The Bertz CT molecular complexity index is 1830. The number of aliphatic imine (C=N–C) groups is 2. The normalized spacial score (nSPS) is 15.1. The van der Waals surface area contributed by atoms with Gasteiger partial charge < -0.3 is 19.7 Å². The molecule has 2 aliphatic heterocycles. The summed E-state index contributed by atoms with van der Waals surface area (Å²) >= 11 is 0. The van der Waals surface area contributed by atoms with Gasteiger partial charge in [0.2, 0.25) is 0 Å². The van der Waals surface area contributed by atoms with Crippen LogP contribution in [0.15, 0.2) is 107 Å². The number of ether oxygens (including phenoxy) is 2. The maximum Gasteiger partial charge on any atom is 0.179 e. The topological polar surface area (TPSA) is 89.2 Å². The lowest BCUT2D eigenvalue weighted by Crippen LogP contribution is -2.46. The summed E-state index contributed by atoms with van der Waals surface area (Å²) in [7, 11) is 1.66. The summed E-state index contributed by atoms with van der Waals surface area (Å²) < 4.78 is 13.1. The number of benzene rings is 3. The second-order valence-corrected chi connectivity index (χ2v) is 9.94. The molecule has 0 aliphatic carbocycles. The van der Waals surface area contributed by atoms with Crippen molar-refractivity contribution >= 4 is 34.6 Å². The van der Waals surface area contributed by atoms with E-state index in [2.05, 4.69) is 33.4 Å². The number of methoxy groups -OCH3 is 1. The van der Waals surface area contributed by atoms with Gasteiger partial charge in [0.15, 0.2) is 23.3 Å². The second-order valence-electron chi connectivity index (χ2n) is 9.94. The van der Waals surface area contributed by atoms with Crippen molar-refractivity contribution in [2.45, 2.75) is 19.9 Å². The predicted molar refractivity (Wildman–Crippen MR) is 165 cm³/mol. The van der Waals surface area contributed by atoms with E-state index in [9.17, 15) is 0 Å². The Morgan fingerprint density at radius 1 is 0.881 bits per heavy atom. The van der Waals surface area contributed by atoms with Crippen molar-refractivity contribution < 1.29 is 9.47 Å². The van der Waals surface area contributed by atoms with Crippen molar-refractivity contribution in [1.29, 1.82) is 0 Å². The first-order valence-electron chi connectivity index (χ1n) is 13.9. The van der Waals surface area contributed by atoms with Gasteiger partial charge in [0.25, 0.3) is 0 Å². The van der Waals surface area contributed by atoms with Gasteiger partial charge in [-0.15, -0.1) is 0 Å². The Morgan fingerprint density at radius 3 is 2.50 bits per heavy atom. The van der Waals surface area contributed by atoms with Crippen molar-refractivity contribution in [3.8, 4) is 17.3 Å². The van der Waals surface area contributed by atoms with Crippen LogP contribution in [0, 0.1) is 6.92 Å². The summed E-state index contributed by atoms with van der Waals surface area (Å²) in [6.45, 7) is 4.62. The minimum atomic E-state index is -0.237. The standard InChI is InChI=1S/C33H29N7O2/c1-4-42-24-17-15-22(16-18-24)30-29-21(2)38-40(28-14-7-8-19-34-28)32(29)37-33-31(35-23-10-9-11-25(20-23)41-3)36-26-12-5-6-13-27(26)39(30)33/h5-20,30H,4H2,1-3H3,(H,35,36). The number of fused-ring (bicyclic) bond motifs is 4. The third-order valence-electron chi connectivity index (χ3n) is 7.34. The number of aromatic nitrogens is 3. The highest BCUT2D eigenvalue weighted by molar-refractivity contribution is 6.51. The fourth-order valence-electron chi connectivity index (χ4n) is 5.50. The third-order valence-corrected chi connectivity index (χ3v) is 7.34. The average Bonchev–Trinajstić information content (AvgIpc) is 3.37. The Hall–Kier alpha value is -5.44. The number of nitrogens with one attached hydrogen (secondary N) is 1. The van der Waals surface area contributed by atoms with E-state index in [1.54, 1.807) is 13.3 Å². The molecule has 9 heteroatoms. The van der Waals surface area contributed by atoms with E-state index in [0.29, 0.717) is 24.1 Å². The van der Waals surface area contributed by atoms with E-state index in [1.165, 1.54) is 0 Å². The summed E-state index contributed by atoms with van der Waals surface area (Å²) in [6, 6.07) is 29.7. The molecule has 0 saturated heterocycles. The SMILES string of the molecule is CCOc1ccc(C2c3c(C)nn(-c4ccccn4)c3N=C3C(Nc4cccc(OC)c4)=Nc4ccccc4N32)cc1. The average molecular weight is 556 g/mol. The second kappa shape index (κ2) is 10.5. The molecule has 208 valence electrons. The lowest BCUT2D eigenvalue weighted by molar-refractivity contribution is 0.340. The molecule has 0 radical (unpaired) electrons. The lowest BCUT2D eigenvalue weighted by atomic mass is 9.93. The van der Waals surface area contributed by atoms with Gasteiger partial charge in [-0.25, -0.2) is 15.0 Å². The molecule has 1 atom stereocenters. The molecule has 1 N–H and O–H groups in total. The van der Waals surface area contributed by atoms with Crippen molar-refractivity contribution in [2.75, 3.05) is 23.9 Å². The van der Waals surface area contributed by atoms with Gasteiger partial charge in [0.05, 0.1) is 36.8 Å². The smallest absolute Gasteiger partial charge is 0.179 e. The van der Waals surface area contributed by atoms with Crippen LogP contribution in [0.2, 0.25) is 0 Å². The van der Waals surface area contributed by atoms with Crippen LogP contribution in [0.25, 0.3) is 5.82 Å². The zero-order valence-electron chi connectivity index (χ0n) is 23.5. The third kappa shape index (κ3) is 4.35. The highest BCUT2D eigenvalue weighted by atomic mass is 16.5. The zero-order valence-corrected chi connectivity index (χ0v) is 23.5. The number of hydrogen-bond acceptors (Lipinski definition) is 8. The highest BCUT2D eigenvalue weighted by Gasteiger charge is 2.41. The van der Waals surface area contributed by atoms with E-state index in [0.717, 1.165) is 51.2 Å². The van der Waals surface area contributed by atoms with Crippen LogP contribution in [-0.4, -0.2) is 40.2 Å². The molecule has 0 bridgehead atoms. The molecule has 7 rings (SSSR count). The van der Waals surface area contributed by atoms with Crippen LogP contribution in [0.5, 0.6) is 11.5 Å². The zero-order chi connectivity index (χ0) is 28.6. The van der Waals surface area contributed by atoms with Gasteiger partial charge in [-0.3, -0.25) is 0 Å². The van der Waals surface area contributed by atoms with Gasteiger partial charge in [0.1, 0.15) is 11.5 Å². The van der Waals surface area contributed by atoms with Crippen molar-refractivity contribution in [2.24, 2.45) is 9.98 Å². The summed E-state index contributed by atoms with van der Waals surface area (Å²) in [4.78, 5) is 17.2. The minimum absolute atomic E-state index is 0.237. The number of anilines is 2. The largest absolute Gasteiger partial charge is 0.497 e. The fourth-order valence-corrected chi connectivity index (χ4v) is 5.50. The molecular formula is C33H29N7O2. The van der Waals surface area contributed by atoms with E-state index in [4.69, 9.17) is 24.6 Å². The van der Waals surface area contributed by atoms with Crippen LogP contribution < -0.4 is 19.7 Å². The lowest BCUT2D eigenvalue weighted by Gasteiger charge is -2.40. The molecule has 1 unspecified atom stereocenters. The number of pyridine rings is 1. The van der Waals surface area contributed by atoms with Crippen LogP contribution in [-0.2, 0) is 0 Å². The van der Waals surface area contributed by atoms with Crippen LogP contribution in [0.3, 0.4) is 0 Å². The quantitative estimate of drug-likeness (QED) is 0.249. The fraction of sp³-hybridized carbons (Fsp3) is 0.152. The number of amidine groups is 2. The van der Waals surface area contributed by atoms with Crippen molar-refractivity contribution in [1.82, 2.24) is 14.8 Å². The number of para-hydroxylation sites is 2. The number of rotatable bonds is 6. The van der Waals surface area contributed by atoms with Crippen LogP contribution >= 0.6 is 0 Å². The van der Waals surface area contributed by atoms with Crippen molar-refractivity contribution in [3.63, 3.8) is 0 Å².